The molecule has 2 aromatic rings. The number of hydrogen-bond donors (Lipinski definition) is 0. The van der Waals surface area contributed by atoms with Gasteiger partial charge in [0.05, 0.1) is 10.6 Å². The number of carbonyl (C=O) groups excluding carboxylic acids is 2. The zero-order valence-corrected chi connectivity index (χ0v) is 14.5. The molecule has 0 bridgehead atoms. The maximum atomic E-state index is 14.3. The van der Waals surface area contributed by atoms with Crippen molar-refractivity contribution in [1.82, 2.24) is 4.90 Å². The molecule has 0 aliphatic carbocycles. The minimum atomic E-state index is -0.395. The third kappa shape index (κ3) is 3.19. The SMILES string of the molecule is CC(=O)c1ccc(N2CCN(C(=O)c3cccs3)[C@H](C)C2)c(F)c1. The first kappa shape index (κ1) is 16.6. The van der Waals surface area contributed by atoms with E-state index in [9.17, 15) is 14.0 Å². The monoisotopic (exact) mass is 346 g/mol. The van der Waals surface area contributed by atoms with E-state index >= 15 is 0 Å². The van der Waals surface area contributed by atoms with E-state index in [1.165, 1.54) is 24.3 Å². The molecule has 3 rings (SSSR count). The summed E-state index contributed by atoms with van der Waals surface area (Å²) < 4.78 is 14.3. The summed E-state index contributed by atoms with van der Waals surface area (Å²) >= 11 is 1.43. The predicted octanol–water partition coefficient (Wildman–Crippen LogP) is 3.44. The summed E-state index contributed by atoms with van der Waals surface area (Å²) in [6.07, 6.45) is 0. The van der Waals surface area contributed by atoms with Crippen molar-refractivity contribution in [2.75, 3.05) is 24.5 Å². The van der Waals surface area contributed by atoms with Gasteiger partial charge in [-0.1, -0.05) is 6.07 Å². The highest BCUT2D eigenvalue weighted by Gasteiger charge is 2.29. The lowest BCUT2D eigenvalue weighted by atomic mass is 10.1. The van der Waals surface area contributed by atoms with Crippen molar-refractivity contribution in [1.29, 1.82) is 0 Å². The molecule has 2 heterocycles. The molecule has 1 saturated heterocycles. The molecule has 1 aliphatic rings. The highest BCUT2D eigenvalue weighted by Crippen LogP contribution is 2.25. The van der Waals surface area contributed by atoms with Crippen LogP contribution in [0.15, 0.2) is 35.7 Å². The van der Waals surface area contributed by atoms with Crippen molar-refractivity contribution in [3.63, 3.8) is 0 Å². The van der Waals surface area contributed by atoms with E-state index in [2.05, 4.69) is 0 Å². The van der Waals surface area contributed by atoms with Gasteiger partial charge >= 0.3 is 0 Å². The number of halogens is 1. The normalized spacial score (nSPS) is 17.9. The van der Waals surface area contributed by atoms with Crippen molar-refractivity contribution in [3.8, 4) is 0 Å². The van der Waals surface area contributed by atoms with Crippen molar-refractivity contribution in [3.05, 3.63) is 52.0 Å². The maximum absolute atomic E-state index is 14.3. The van der Waals surface area contributed by atoms with Crippen LogP contribution in [0.5, 0.6) is 0 Å². The van der Waals surface area contributed by atoms with Gasteiger partial charge in [0.2, 0.25) is 0 Å². The fourth-order valence-corrected chi connectivity index (χ4v) is 3.68. The largest absolute Gasteiger partial charge is 0.365 e. The Kier molecular flexibility index (Phi) is 4.66. The standard InChI is InChI=1S/C18H19FN2O2S/c1-12-11-20(16-6-5-14(13(2)22)10-15(16)19)7-8-21(12)18(23)17-4-3-9-24-17/h3-6,9-10,12H,7-8,11H2,1-2H3/t12-/m1/s1. The lowest BCUT2D eigenvalue weighted by Gasteiger charge is -2.41. The molecule has 0 radical (unpaired) electrons. The molecule has 126 valence electrons. The first-order valence-electron chi connectivity index (χ1n) is 7.87. The number of rotatable bonds is 3. The zero-order valence-electron chi connectivity index (χ0n) is 13.7. The topological polar surface area (TPSA) is 40.6 Å². The Bertz CT molecular complexity index is 760. The van der Waals surface area contributed by atoms with Gasteiger partial charge in [-0.15, -0.1) is 11.3 Å². The van der Waals surface area contributed by atoms with Gasteiger partial charge in [-0.05, 0) is 43.5 Å². The Morgan fingerprint density at radius 2 is 2.04 bits per heavy atom. The molecular formula is C18H19FN2O2S. The van der Waals surface area contributed by atoms with E-state index in [4.69, 9.17) is 0 Å². The molecule has 0 unspecified atom stereocenters. The molecule has 0 N–H and O–H groups in total. The second-order valence-electron chi connectivity index (χ2n) is 5.99. The van der Waals surface area contributed by atoms with Gasteiger partial charge in [0, 0.05) is 31.2 Å². The van der Waals surface area contributed by atoms with Crippen molar-refractivity contribution in [2.45, 2.75) is 19.9 Å². The van der Waals surface area contributed by atoms with E-state index in [1.54, 1.807) is 12.1 Å². The van der Waals surface area contributed by atoms with E-state index in [0.717, 1.165) is 4.88 Å². The predicted molar refractivity (Wildman–Crippen MR) is 93.4 cm³/mol. The van der Waals surface area contributed by atoms with Gasteiger partial charge in [0.15, 0.2) is 5.78 Å². The molecule has 1 aromatic carbocycles. The molecule has 1 atom stereocenters. The Balaban J connectivity index is 1.74. The molecule has 1 amide bonds. The van der Waals surface area contributed by atoms with E-state index < -0.39 is 5.82 Å². The number of amides is 1. The minimum absolute atomic E-state index is 0.0137. The van der Waals surface area contributed by atoms with Gasteiger partial charge in [-0.2, -0.15) is 0 Å². The molecular weight excluding hydrogens is 327 g/mol. The highest BCUT2D eigenvalue weighted by molar-refractivity contribution is 7.12. The van der Waals surface area contributed by atoms with Crippen LogP contribution in [0.3, 0.4) is 0 Å². The summed E-state index contributed by atoms with van der Waals surface area (Å²) in [6, 6.07) is 8.26. The number of carbonyl (C=O) groups is 2. The average Bonchev–Trinajstić information content (AvgIpc) is 3.08. The number of Topliss-reactive ketones (excluding diaryl/α,β-unsaturated/α-hetero) is 1. The third-order valence-corrected chi connectivity index (χ3v) is 5.17. The van der Waals surface area contributed by atoms with Crippen molar-refractivity contribution < 1.29 is 14.0 Å². The smallest absolute Gasteiger partial charge is 0.264 e. The summed E-state index contributed by atoms with van der Waals surface area (Å²) in [5.41, 5.74) is 0.853. The van der Waals surface area contributed by atoms with Crippen LogP contribution in [0.4, 0.5) is 10.1 Å². The number of anilines is 1. The highest BCUT2D eigenvalue weighted by atomic mass is 32.1. The van der Waals surface area contributed by atoms with Crippen LogP contribution in [0.1, 0.15) is 33.9 Å². The van der Waals surface area contributed by atoms with Crippen LogP contribution in [0.25, 0.3) is 0 Å². The lowest BCUT2D eigenvalue weighted by molar-refractivity contribution is 0.0678. The minimum Gasteiger partial charge on any atom is -0.365 e. The number of hydrogen-bond acceptors (Lipinski definition) is 4. The summed E-state index contributed by atoms with van der Waals surface area (Å²) in [5.74, 6) is -0.516. The Morgan fingerprint density at radius 1 is 1.25 bits per heavy atom. The van der Waals surface area contributed by atoms with Crippen LogP contribution in [0.2, 0.25) is 0 Å². The third-order valence-electron chi connectivity index (χ3n) is 4.32. The van der Waals surface area contributed by atoms with Crippen LogP contribution < -0.4 is 4.90 Å². The van der Waals surface area contributed by atoms with E-state index in [1.807, 2.05) is 34.2 Å². The van der Waals surface area contributed by atoms with Gasteiger partial charge in [0.1, 0.15) is 5.82 Å². The second kappa shape index (κ2) is 6.73. The molecule has 6 heteroatoms. The molecule has 24 heavy (non-hydrogen) atoms. The molecule has 1 aromatic heterocycles. The van der Waals surface area contributed by atoms with Crippen molar-refractivity contribution >= 4 is 28.7 Å². The summed E-state index contributed by atoms with van der Waals surface area (Å²) in [4.78, 5) is 28.4. The molecule has 1 aliphatic heterocycles. The fourth-order valence-electron chi connectivity index (χ4n) is 3.00. The number of nitrogens with zero attached hydrogens (tertiary/aromatic N) is 2. The lowest BCUT2D eigenvalue weighted by Crippen LogP contribution is -2.54. The number of piperazine rings is 1. The first-order chi connectivity index (χ1) is 11.5. The number of thiophene rings is 1. The Hall–Kier alpha value is -2.21. The summed E-state index contributed by atoms with van der Waals surface area (Å²) in [6.45, 7) is 5.07. The van der Waals surface area contributed by atoms with Gasteiger partial charge in [-0.3, -0.25) is 9.59 Å². The maximum Gasteiger partial charge on any atom is 0.264 e. The molecule has 0 saturated carbocycles. The zero-order chi connectivity index (χ0) is 17.3. The quantitative estimate of drug-likeness (QED) is 0.800. The van der Waals surface area contributed by atoms with Crippen LogP contribution in [0, 0.1) is 5.82 Å². The number of ketones is 1. The average molecular weight is 346 g/mol. The summed E-state index contributed by atoms with van der Waals surface area (Å²) in [5, 5.41) is 1.89. The second-order valence-corrected chi connectivity index (χ2v) is 6.94. The van der Waals surface area contributed by atoms with Crippen LogP contribution in [-0.4, -0.2) is 42.3 Å². The Labute approximate surface area is 144 Å². The van der Waals surface area contributed by atoms with E-state index in [0.29, 0.717) is 30.9 Å². The Morgan fingerprint density at radius 3 is 2.62 bits per heavy atom. The van der Waals surface area contributed by atoms with Crippen LogP contribution in [-0.2, 0) is 0 Å². The van der Waals surface area contributed by atoms with E-state index in [-0.39, 0.29) is 17.7 Å². The molecule has 1 fully saturated rings. The first-order valence-corrected chi connectivity index (χ1v) is 8.75. The summed E-state index contributed by atoms with van der Waals surface area (Å²) in [7, 11) is 0. The van der Waals surface area contributed by atoms with Crippen LogP contribution >= 0.6 is 11.3 Å². The van der Waals surface area contributed by atoms with Gasteiger partial charge in [-0.25, -0.2) is 4.39 Å². The number of benzene rings is 1. The van der Waals surface area contributed by atoms with Gasteiger partial charge in [0.25, 0.3) is 5.91 Å². The molecule has 0 spiro atoms. The molecule has 4 nitrogen and oxygen atoms in total. The fraction of sp³-hybridized carbons (Fsp3) is 0.333. The van der Waals surface area contributed by atoms with Crippen molar-refractivity contribution in [2.24, 2.45) is 0 Å². The van der Waals surface area contributed by atoms with Gasteiger partial charge < -0.3 is 9.80 Å².